The van der Waals surface area contributed by atoms with Crippen LogP contribution in [0.4, 0.5) is 5.69 Å². The number of hydrogen-bond acceptors (Lipinski definition) is 2. The lowest BCUT2D eigenvalue weighted by molar-refractivity contribution is -0.115. The van der Waals surface area contributed by atoms with Gasteiger partial charge in [0.2, 0.25) is 5.91 Å². The summed E-state index contributed by atoms with van der Waals surface area (Å²) in [6.45, 7) is 3.40. The van der Waals surface area contributed by atoms with Crippen LogP contribution in [0.1, 0.15) is 34.3 Å². The van der Waals surface area contributed by atoms with Crippen LogP contribution >= 0.6 is 23.2 Å². The van der Waals surface area contributed by atoms with E-state index < -0.39 is 0 Å². The lowest BCUT2D eigenvalue weighted by atomic mass is 10.0. The van der Waals surface area contributed by atoms with E-state index in [0.29, 0.717) is 26.9 Å². The summed E-state index contributed by atoms with van der Waals surface area (Å²) in [6, 6.07) is 10.6. The van der Waals surface area contributed by atoms with Crippen LogP contribution in [0.5, 0.6) is 0 Å². The number of nitrogens with zero attached hydrogens (tertiary/aromatic N) is 1. The van der Waals surface area contributed by atoms with Crippen molar-refractivity contribution in [2.75, 3.05) is 18.4 Å². The molecule has 136 valence electrons. The standard InChI is InChI=1S/C20H20Cl2N2O2/c1-13-6-4-9-17(19(13)20(26)24-10-2-3-11-24)23-18(25)12-14-15(21)7-5-8-16(14)22/h4-9H,2-3,10-12H2,1H3,(H,23,25). The van der Waals surface area contributed by atoms with E-state index in [2.05, 4.69) is 5.32 Å². The van der Waals surface area contributed by atoms with Crippen molar-refractivity contribution in [3.05, 3.63) is 63.1 Å². The summed E-state index contributed by atoms with van der Waals surface area (Å²) in [7, 11) is 0. The Hall–Kier alpha value is -2.04. The molecule has 6 heteroatoms. The number of carbonyl (C=O) groups excluding carboxylic acids is 2. The number of nitrogens with one attached hydrogen (secondary N) is 1. The minimum Gasteiger partial charge on any atom is -0.339 e. The fourth-order valence-corrected chi connectivity index (χ4v) is 3.72. The first-order valence-electron chi connectivity index (χ1n) is 8.59. The molecule has 3 rings (SSSR count). The predicted octanol–water partition coefficient (Wildman–Crippen LogP) is 4.72. The van der Waals surface area contributed by atoms with Crippen LogP contribution in [0.25, 0.3) is 0 Å². The Labute approximate surface area is 163 Å². The second-order valence-electron chi connectivity index (χ2n) is 6.42. The molecule has 0 aliphatic carbocycles. The number of benzene rings is 2. The maximum atomic E-state index is 12.9. The van der Waals surface area contributed by atoms with Gasteiger partial charge in [-0.1, -0.05) is 41.4 Å². The number of anilines is 1. The van der Waals surface area contributed by atoms with E-state index in [1.54, 1.807) is 24.3 Å². The van der Waals surface area contributed by atoms with E-state index in [4.69, 9.17) is 23.2 Å². The molecule has 1 heterocycles. The van der Waals surface area contributed by atoms with Gasteiger partial charge in [0.25, 0.3) is 5.91 Å². The Morgan fingerprint density at radius 3 is 2.31 bits per heavy atom. The Morgan fingerprint density at radius 2 is 1.65 bits per heavy atom. The predicted molar refractivity (Wildman–Crippen MR) is 105 cm³/mol. The first-order valence-corrected chi connectivity index (χ1v) is 9.34. The van der Waals surface area contributed by atoms with Crippen LogP contribution < -0.4 is 5.32 Å². The Balaban J connectivity index is 1.82. The lowest BCUT2D eigenvalue weighted by Crippen LogP contribution is -2.29. The molecule has 1 saturated heterocycles. The summed E-state index contributed by atoms with van der Waals surface area (Å²) in [5.74, 6) is -0.298. The van der Waals surface area contributed by atoms with E-state index >= 15 is 0 Å². The van der Waals surface area contributed by atoms with Crippen molar-refractivity contribution >= 4 is 40.7 Å². The first kappa shape index (κ1) is 18.7. The fraction of sp³-hybridized carbons (Fsp3) is 0.300. The third kappa shape index (κ3) is 4.02. The van der Waals surface area contributed by atoms with Crippen LogP contribution in [0.15, 0.2) is 36.4 Å². The molecule has 4 nitrogen and oxygen atoms in total. The van der Waals surface area contributed by atoms with Gasteiger partial charge < -0.3 is 10.2 Å². The highest BCUT2D eigenvalue weighted by atomic mass is 35.5. The smallest absolute Gasteiger partial charge is 0.256 e. The third-order valence-electron chi connectivity index (χ3n) is 4.55. The molecule has 2 amide bonds. The molecule has 1 fully saturated rings. The number of aryl methyl sites for hydroxylation is 1. The van der Waals surface area contributed by atoms with Gasteiger partial charge in [-0.25, -0.2) is 0 Å². The highest BCUT2D eigenvalue weighted by Gasteiger charge is 2.24. The van der Waals surface area contributed by atoms with Crippen molar-refractivity contribution in [3.63, 3.8) is 0 Å². The lowest BCUT2D eigenvalue weighted by Gasteiger charge is -2.20. The number of hydrogen-bond donors (Lipinski definition) is 1. The van der Waals surface area contributed by atoms with Gasteiger partial charge in [0.15, 0.2) is 0 Å². The highest BCUT2D eigenvalue weighted by molar-refractivity contribution is 6.36. The number of rotatable bonds is 4. The minimum absolute atomic E-state index is 0.0355. The van der Waals surface area contributed by atoms with Crippen molar-refractivity contribution in [2.24, 2.45) is 0 Å². The summed E-state index contributed by atoms with van der Waals surface area (Å²) < 4.78 is 0. The van der Waals surface area contributed by atoms with Gasteiger partial charge in [-0.05, 0) is 49.1 Å². The Bertz CT molecular complexity index is 825. The van der Waals surface area contributed by atoms with Crippen LogP contribution in [0, 0.1) is 6.92 Å². The molecule has 2 aromatic carbocycles. The topological polar surface area (TPSA) is 49.4 Å². The van der Waals surface area contributed by atoms with E-state index in [-0.39, 0.29) is 18.2 Å². The number of likely N-dealkylation sites (tertiary alicyclic amines) is 1. The molecule has 1 aliphatic heterocycles. The van der Waals surface area contributed by atoms with E-state index in [1.807, 2.05) is 24.0 Å². The minimum atomic E-state index is -0.263. The van der Waals surface area contributed by atoms with Crippen molar-refractivity contribution in [2.45, 2.75) is 26.2 Å². The fourth-order valence-electron chi connectivity index (χ4n) is 3.19. The van der Waals surface area contributed by atoms with Gasteiger partial charge in [0, 0.05) is 23.1 Å². The van der Waals surface area contributed by atoms with Crippen molar-refractivity contribution in [1.29, 1.82) is 0 Å². The quantitative estimate of drug-likeness (QED) is 0.820. The second kappa shape index (κ2) is 8.11. The average Bonchev–Trinajstić information content (AvgIpc) is 3.13. The van der Waals surface area contributed by atoms with Gasteiger partial charge >= 0.3 is 0 Å². The maximum Gasteiger partial charge on any atom is 0.256 e. The monoisotopic (exact) mass is 390 g/mol. The van der Waals surface area contributed by atoms with Gasteiger partial charge in [-0.3, -0.25) is 9.59 Å². The molecule has 0 spiro atoms. The zero-order valence-corrected chi connectivity index (χ0v) is 16.0. The molecule has 26 heavy (non-hydrogen) atoms. The molecule has 1 aliphatic rings. The molecule has 1 N–H and O–H groups in total. The number of halogens is 2. The van der Waals surface area contributed by atoms with Crippen molar-refractivity contribution < 1.29 is 9.59 Å². The van der Waals surface area contributed by atoms with Crippen LogP contribution in [0.3, 0.4) is 0 Å². The van der Waals surface area contributed by atoms with E-state index in [0.717, 1.165) is 31.5 Å². The molecule has 0 unspecified atom stereocenters. The first-order chi connectivity index (χ1) is 12.5. The number of carbonyl (C=O) groups is 2. The largest absolute Gasteiger partial charge is 0.339 e. The summed E-state index contributed by atoms with van der Waals surface area (Å²) in [5, 5.41) is 3.75. The molecular weight excluding hydrogens is 371 g/mol. The summed E-state index contributed by atoms with van der Waals surface area (Å²) in [5.41, 5.74) is 2.49. The molecule has 0 saturated carbocycles. The second-order valence-corrected chi connectivity index (χ2v) is 7.24. The Kier molecular flexibility index (Phi) is 5.84. The molecular formula is C20H20Cl2N2O2. The zero-order valence-electron chi connectivity index (χ0n) is 14.5. The van der Waals surface area contributed by atoms with Gasteiger partial charge in [-0.15, -0.1) is 0 Å². The van der Waals surface area contributed by atoms with Crippen molar-refractivity contribution in [3.8, 4) is 0 Å². The molecule has 0 aromatic heterocycles. The van der Waals surface area contributed by atoms with Gasteiger partial charge in [0.05, 0.1) is 17.7 Å². The van der Waals surface area contributed by atoms with E-state index in [9.17, 15) is 9.59 Å². The van der Waals surface area contributed by atoms with E-state index in [1.165, 1.54) is 0 Å². The average molecular weight is 391 g/mol. The number of amides is 2. The van der Waals surface area contributed by atoms with Crippen LogP contribution in [-0.2, 0) is 11.2 Å². The van der Waals surface area contributed by atoms with Gasteiger partial charge in [0.1, 0.15) is 0 Å². The molecule has 0 radical (unpaired) electrons. The highest BCUT2D eigenvalue weighted by Crippen LogP contribution is 2.27. The molecule has 0 atom stereocenters. The van der Waals surface area contributed by atoms with Crippen LogP contribution in [0.2, 0.25) is 10.0 Å². The maximum absolute atomic E-state index is 12.9. The summed E-state index contributed by atoms with van der Waals surface area (Å²) in [6.07, 6.45) is 2.08. The summed E-state index contributed by atoms with van der Waals surface area (Å²) >= 11 is 12.3. The molecule has 2 aromatic rings. The molecule has 0 bridgehead atoms. The third-order valence-corrected chi connectivity index (χ3v) is 5.26. The Morgan fingerprint density at radius 1 is 1.04 bits per heavy atom. The summed E-state index contributed by atoms with van der Waals surface area (Å²) in [4.78, 5) is 27.2. The zero-order chi connectivity index (χ0) is 18.7. The van der Waals surface area contributed by atoms with Crippen LogP contribution in [-0.4, -0.2) is 29.8 Å². The normalized spacial score (nSPS) is 13.7. The van der Waals surface area contributed by atoms with Crippen molar-refractivity contribution in [1.82, 2.24) is 4.90 Å². The van der Waals surface area contributed by atoms with Gasteiger partial charge in [-0.2, -0.15) is 0 Å². The SMILES string of the molecule is Cc1cccc(NC(=O)Cc2c(Cl)cccc2Cl)c1C(=O)N1CCCC1.